The third-order valence-corrected chi connectivity index (χ3v) is 10.1. The number of carbonyl (C=O) groups excluding carboxylic acids is 1. The SMILES string of the molecule is CC1C(=O)C(C)(C)[C@@H](O[Si](C)(C)C(C)(C)C)C[C@]1(C)O. The molecule has 0 heterocycles. The van der Waals surface area contributed by atoms with Gasteiger partial charge in [-0.1, -0.05) is 41.5 Å². The van der Waals surface area contributed by atoms with Crippen molar-refractivity contribution in [1.29, 1.82) is 0 Å². The van der Waals surface area contributed by atoms with E-state index >= 15 is 0 Å². The van der Waals surface area contributed by atoms with Crippen LogP contribution in [0.4, 0.5) is 0 Å². The summed E-state index contributed by atoms with van der Waals surface area (Å²) in [6, 6.07) is 0. The van der Waals surface area contributed by atoms with E-state index in [1.165, 1.54) is 0 Å². The molecule has 0 radical (unpaired) electrons. The van der Waals surface area contributed by atoms with Crippen molar-refractivity contribution in [2.45, 2.75) is 84.7 Å². The Balaban J connectivity index is 3.08. The van der Waals surface area contributed by atoms with E-state index in [4.69, 9.17) is 4.43 Å². The molecule has 1 saturated carbocycles. The van der Waals surface area contributed by atoms with Crippen molar-refractivity contribution in [3.63, 3.8) is 0 Å². The molecule has 1 rings (SSSR count). The van der Waals surface area contributed by atoms with Crippen LogP contribution < -0.4 is 0 Å². The molecule has 20 heavy (non-hydrogen) atoms. The van der Waals surface area contributed by atoms with Crippen LogP contribution in [0.2, 0.25) is 18.1 Å². The highest BCUT2D eigenvalue weighted by Crippen LogP contribution is 2.46. The van der Waals surface area contributed by atoms with Gasteiger partial charge in [0.05, 0.1) is 11.7 Å². The lowest BCUT2D eigenvalue weighted by Crippen LogP contribution is -2.60. The normalized spacial score (nSPS) is 35.2. The van der Waals surface area contributed by atoms with Crippen LogP contribution in [0, 0.1) is 11.3 Å². The second kappa shape index (κ2) is 4.92. The van der Waals surface area contributed by atoms with E-state index in [1.54, 1.807) is 6.92 Å². The van der Waals surface area contributed by atoms with E-state index < -0.39 is 19.3 Å². The zero-order valence-electron chi connectivity index (χ0n) is 14.6. The highest BCUT2D eigenvalue weighted by molar-refractivity contribution is 6.74. The number of hydrogen-bond donors (Lipinski definition) is 1. The topological polar surface area (TPSA) is 46.5 Å². The second-order valence-electron chi connectivity index (χ2n) is 8.74. The Bertz CT molecular complexity index is 391. The molecule has 4 heteroatoms. The lowest BCUT2D eigenvalue weighted by atomic mass is 9.63. The van der Waals surface area contributed by atoms with Crippen LogP contribution in [0.15, 0.2) is 0 Å². The van der Waals surface area contributed by atoms with Gasteiger partial charge in [-0.3, -0.25) is 4.79 Å². The van der Waals surface area contributed by atoms with Gasteiger partial charge in [0.15, 0.2) is 8.32 Å². The molecule has 0 aromatic carbocycles. The third kappa shape index (κ3) is 3.02. The van der Waals surface area contributed by atoms with E-state index in [2.05, 4.69) is 33.9 Å². The molecule has 0 bridgehead atoms. The number of Topliss-reactive ketones (excluding diaryl/α,β-unsaturated/α-hetero) is 1. The summed E-state index contributed by atoms with van der Waals surface area (Å²) < 4.78 is 6.47. The highest BCUT2D eigenvalue weighted by atomic mass is 28.4. The van der Waals surface area contributed by atoms with Crippen molar-refractivity contribution in [3.8, 4) is 0 Å². The predicted molar refractivity (Wildman–Crippen MR) is 85.3 cm³/mol. The van der Waals surface area contributed by atoms with Gasteiger partial charge in [0.25, 0.3) is 0 Å². The van der Waals surface area contributed by atoms with Crippen LogP contribution in [-0.4, -0.2) is 30.9 Å². The average Bonchev–Trinajstić information content (AvgIpc) is 2.22. The van der Waals surface area contributed by atoms with Crippen molar-refractivity contribution in [2.75, 3.05) is 0 Å². The minimum atomic E-state index is -1.96. The Labute approximate surface area is 125 Å². The summed E-state index contributed by atoms with van der Waals surface area (Å²) in [7, 11) is -1.96. The first kappa shape index (κ1) is 17.9. The number of hydrogen-bond acceptors (Lipinski definition) is 3. The van der Waals surface area contributed by atoms with Gasteiger partial charge in [0.2, 0.25) is 0 Å². The fourth-order valence-electron chi connectivity index (χ4n) is 2.53. The van der Waals surface area contributed by atoms with E-state index in [1.807, 2.05) is 20.8 Å². The Hall–Kier alpha value is -0.193. The van der Waals surface area contributed by atoms with Crippen LogP contribution in [0.3, 0.4) is 0 Å². The first-order valence-electron chi connectivity index (χ1n) is 7.57. The summed E-state index contributed by atoms with van der Waals surface area (Å²) >= 11 is 0. The Morgan fingerprint density at radius 1 is 1.25 bits per heavy atom. The molecule has 0 aliphatic heterocycles. The maximum atomic E-state index is 12.6. The first-order valence-corrected chi connectivity index (χ1v) is 10.5. The van der Waals surface area contributed by atoms with Gasteiger partial charge >= 0.3 is 0 Å². The summed E-state index contributed by atoms with van der Waals surface area (Å²) in [5.41, 5.74) is -1.50. The molecule has 0 aromatic rings. The zero-order chi connectivity index (χ0) is 16.1. The molecule has 0 saturated heterocycles. The minimum Gasteiger partial charge on any atom is -0.413 e. The molecule has 0 spiro atoms. The molecular weight excluding hydrogens is 268 g/mol. The average molecular weight is 301 g/mol. The largest absolute Gasteiger partial charge is 0.413 e. The molecule has 1 fully saturated rings. The van der Waals surface area contributed by atoms with Crippen molar-refractivity contribution < 1.29 is 14.3 Å². The molecule has 0 amide bonds. The van der Waals surface area contributed by atoms with Gasteiger partial charge in [-0.2, -0.15) is 0 Å². The lowest BCUT2D eigenvalue weighted by molar-refractivity contribution is -0.161. The first-order chi connectivity index (χ1) is 8.63. The monoisotopic (exact) mass is 300 g/mol. The molecule has 1 unspecified atom stereocenters. The highest BCUT2D eigenvalue weighted by Gasteiger charge is 2.54. The standard InChI is InChI=1S/C16H32O3Si/c1-11-13(17)15(5,6)12(10-16(11,7)18)19-20(8,9)14(2,3)4/h11-12,18H,10H2,1-9H3/t11?,12-,16-/m0/s1. The molecule has 1 aliphatic carbocycles. The quantitative estimate of drug-likeness (QED) is 0.790. The van der Waals surface area contributed by atoms with Gasteiger partial charge in [-0.05, 0) is 25.1 Å². The van der Waals surface area contributed by atoms with Gasteiger partial charge in [-0.15, -0.1) is 0 Å². The van der Waals surface area contributed by atoms with Crippen LogP contribution >= 0.6 is 0 Å². The fourth-order valence-corrected chi connectivity index (χ4v) is 3.97. The number of rotatable bonds is 2. The maximum Gasteiger partial charge on any atom is 0.192 e. The number of carbonyl (C=O) groups is 1. The third-order valence-electron chi connectivity index (χ3n) is 5.61. The minimum absolute atomic E-state index is 0.0983. The van der Waals surface area contributed by atoms with Gasteiger partial charge in [-0.25, -0.2) is 0 Å². The Morgan fingerprint density at radius 3 is 2.10 bits per heavy atom. The lowest BCUT2D eigenvalue weighted by Gasteiger charge is -2.51. The van der Waals surface area contributed by atoms with Gasteiger partial charge in [0, 0.05) is 17.8 Å². The molecular formula is C16H32O3Si. The maximum absolute atomic E-state index is 12.6. The predicted octanol–water partition coefficient (Wildman–Crippen LogP) is 3.76. The summed E-state index contributed by atoms with van der Waals surface area (Å²) in [6.45, 7) is 18.5. The number of ketones is 1. The molecule has 0 aromatic heterocycles. The van der Waals surface area contributed by atoms with E-state index in [0.29, 0.717) is 6.42 Å². The summed E-state index contributed by atoms with van der Waals surface area (Å²) in [5, 5.41) is 10.6. The van der Waals surface area contributed by atoms with Crippen LogP contribution in [0.25, 0.3) is 0 Å². The zero-order valence-corrected chi connectivity index (χ0v) is 15.6. The van der Waals surface area contributed by atoms with Crippen LogP contribution in [0.1, 0.15) is 54.9 Å². The second-order valence-corrected chi connectivity index (χ2v) is 13.5. The molecule has 3 atom stereocenters. The Kier molecular flexibility index (Phi) is 4.39. The van der Waals surface area contributed by atoms with E-state index in [9.17, 15) is 9.90 Å². The molecule has 1 N–H and O–H groups in total. The molecule has 1 aliphatic rings. The smallest absolute Gasteiger partial charge is 0.192 e. The van der Waals surface area contributed by atoms with Crippen molar-refractivity contribution in [1.82, 2.24) is 0 Å². The molecule has 118 valence electrons. The summed E-state index contributed by atoms with van der Waals surface area (Å²) in [5.74, 6) is -0.228. The van der Waals surface area contributed by atoms with Crippen molar-refractivity contribution in [2.24, 2.45) is 11.3 Å². The van der Waals surface area contributed by atoms with Crippen molar-refractivity contribution >= 4 is 14.1 Å². The van der Waals surface area contributed by atoms with Crippen LogP contribution in [-0.2, 0) is 9.22 Å². The van der Waals surface area contributed by atoms with Gasteiger partial charge < -0.3 is 9.53 Å². The summed E-state index contributed by atoms with van der Waals surface area (Å²) in [6.07, 6.45) is 0.321. The van der Waals surface area contributed by atoms with Crippen molar-refractivity contribution in [3.05, 3.63) is 0 Å². The molecule has 3 nitrogen and oxygen atoms in total. The Morgan fingerprint density at radius 2 is 1.70 bits per heavy atom. The van der Waals surface area contributed by atoms with Crippen LogP contribution in [0.5, 0.6) is 0 Å². The van der Waals surface area contributed by atoms with E-state index in [0.717, 1.165) is 0 Å². The van der Waals surface area contributed by atoms with E-state index in [-0.39, 0.29) is 22.8 Å². The fraction of sp³-hybridized carbons (Fsp3) is 0.938. The van der Waals surface area contributed by atoms with Gasteiger partial charge in [0.1, 0.15) is 5.78 Å². The number of aliphatic hydroxyl groups is 1. The summed E-state index contributed by atoms with van der Waals surface area (Å²) in [4.78, 5) is 12.6.